The Bertz CT molecular complexity index is 263. The molecular weight excluding hydrogens is 246 g/mol. The molecule has 0 saturated carbocycles. The molecule has 3 atom stereocenters. The molecule has 0 aliphatic carbocycles. The molecule has 3 nitrogen and oxygen atoms in total. The molecule has 1 heterocycles. The smallest absolute Gasteiger partial charge is 0.0247 e. The van der Waals surface area contributed by atoms with E-state index in [0.29, 0.717) is 18.1 Å². The Morgan fingerprint density at radius 3 is 2.30 bits per heavy atom. The highest BCUT2D eigenvalue weighted by Gasteiger charge is 2.32. The topological polar surface area (TPSA) is 18.5 Å². The molecule has 0 aromatic rings. The highest BCUT2D eigenvalue weighted by Crippen LogP contribution is 2.22. The van der Waals surface area contributed by atoms with Crippen molar-refractivity contribution in [2.75, 3.05) is 33.7 Å². The van der Waals surface area contributed by atoms with Gasteiger partial charge in [0.05, 0.1) is 0 Å². The highest BCUT2D eigenvalue weighted by atomic mass is 15.3. The third kappa shape index (κ3) is 5.71. The van der Waals surface area contributed by atoms with Gasteiger partial charge >= 0.3 is 0 Å². The third-order valence-corrected chi connectivity index (χ3v) is 4.56. The van der Waals surface area contributed by atoms with Crippen LogP contribution in [0.5, 0.6) is 0 Å². The van der Waals surface area contributed by atoms with Gasteiger partial charge in [-0.1, -0.05) is 27.7 Å². The molecule has 0 spiro atoms. The van der Waals surface area contributed by atoms with E-state index < -0.39 is 0 Å². The van der Waals surface area contributed by atoms with E-state index in [1.54, 1.807) is 0 Å². The van der Waals surface area contributed by atoms with Gasteiger partial charge in [-0.25, -0.2) is 0 Å². The van der Waals surface area contributed by atoms with Crippen LogP contribution in [0, 0.1) is 11.8 Å². The maximum Gasteiger partial charge on any atom is 0.0247 e. The fraction of sp³-hybridized carbons (Fsp3) is 1.00. The van der Waals surface area contributed by atoms with Gasteiger partial charge in [-0.05, 0) is 52.2 Å². The second-order valence-corrected chi connectivity index (χ2v) is 7.68. The molecule has 1 saturated heterocycles. The quantitative estimate of drug-likeness (QED) is 0.775. The third-order valence-electron chi connectivity index (χ3n) is 4.56. The molecule has 0 bridgehead atoms. The van der Waals surface area contributed by atoms with E-state index in [2.05, 4.69) is 63.8 Å². The van der Waals surface area contributed by atoms with Gasteiger partial charge in [-0.2, -0.15) is 0 Å². The van der Waals surface area contributed by atoms with Crippen molar-refractivity contribution in [3.8, 4) is 0 Å². The van der Waals surface area contributed by atoms with Crippen molar-refractivity contribution in [2.45, 2.75) is 65.6 Å². The van der Waals surface area contributed by atoms with Crippen LogP contribution >= 0.6 is 0 Å². The first kappa shape index (κ1) is 17.9. The number of nitrogens with one attached hydrogen (secondary N) is 1. The molecule has 0 aromatic heterocycles. The molecule has 1 N–H and O–H groups in total. The molecule has 1 fully saturated rings. The Kier molecular flexibility index (Phi) is 7.49. The van der Waals surface area contributed by atoms with Crippen molar-refractivity contribution in [1.82, 2.24) is 15.1 Å². The summed E-state index contributed by atoms with van der Waals surface area (Å²) in [5.41, 5.74) is 0. The SMILES string of the molecule is CC(C)CC1CN(C(C)CCN(C)C)C(C(C)C)CN1. The lowest BCUT2D eigenvalue weighted by Crippen LogP contribution is -2.61. The maximum atomic E-state index is 3.78. The predicted octanol–water partition coefficient (Wildman–Crippen LogP) is 2.67. The van der Waals surface area contributed by atoms with Gasteiger partial charge in [0.25, 0.3) is 0 Å². The molecule has 0 radical (unpaired) electrons. The maximum absolute atomic E-state index is 3.78. The average Bonchev–Trinajstić information content (AvgIpc) is 2.34. The Labute approximate surface area is 127 Å². The van der Waals surface area contributed by atoms with Crippen LogP contribution in [0.25, 0.3) is 0 Å². The summed E-state index contributed by atoms with van der Waals surface area (Å²) in [6.45, 7) is 15.4. The van der Waals surface area contributed by atoms with Crippen LogP contribution in [0.2, 0.25) is 0 Å². The second-order valence-electron chi connectivity index (χ2n) is 7.68. The monoisotopic (exact) mass is 283 g/mol. The summed E-state index contributed by atoms with van der Waals surface area (Å²) in [5.74, 6) is 1.51. The fourth-order valence-corrected chi connectivity index (χ4v) is 3.32. The minimum Gasteiger partial charge on any atom is -0.311 e. The zero-order chi connectivity index (χ0) is 15.3. The minimum absolute atomic E-state index is 0.673. The van der Waals surface area contributed by atoms with E-state index in [1.807, 2.05) is 0 Å². The number of nitrogens with zero attached hydrogens (tertiary/aromatic N) is 2. The van der Waals surface area contributed by atoms with E-state index in [0.717, 1.165) is 18.4 Å². The molecule has 3 unspecified atom stereocenters. The van der Waals surface area contributed by atoms with Crippen LogP contribution in [0.4, 0.5) is 0 Å². The van der Waals surface area contributed by atoms with E-state index in [4.69, 9.17) is 0 Å². The molecule has 3 heteroatoms. The molecule has 1 rings (SSSR count). The Morgan fingerprint density at radius 2 is 1.80 bits per heavy atom. The zero-order valence-electron chi connectivity index (χ0n) is 14.8. The Hall–Kier alpha value is -0.120. The standard InChI is InChI=1S/C17H37N3/c1-13(2)10-16-12-20(15(5)8-9-19(6)7)17(11-18-16)14(3)4/h13-18H,8-12H2,1-7H3. The predicted molar refractivity (Wildman–Crippen MR) is 89.2 cm³/mol. The average molecular weight is 284 g/mol. The van der Waals surface area contributed by atoms with Crippen molar-refractivity contribution < 1.29 is 0 Å². The number of rotatable bonds is 7. The van der Waals surface area contributed by atoms with Crippen molar-refractivity contribution in [2.24, 2.45) is 11.8 Å². The van der Waals surface area contributed by atoms with Gasteiger partial charge in [-0.15, -0.1) is 0 Å². The lowest BCUT2D eigenvalue weighted by Gasteiger charge is -2.46. The Morgan fingerprint density at radius 1 is 1.15 bits per heavy atom. The van der Waals surface area contributed by atoms with Gasteiger partial charge in [0.15, 0.2) is 0 Å². The van der Waals surface area contributed by atoms with Crippen molar-refractivity contribution in [3.63, 3.8) is 0 Å². The summed E-state index contributed by atoms with van der Waals surface area (Å²) in [6.07, 6.45) is 2.56. The summed E-state index contributed by atoms with van der Waals surface area (Å²) < 4.78 is 0. The number of hydrogen-bond donors (Lipinski definition) is 1. The summed E-state index contributed by atoms with van der Waals surface area (Å²) >= 11 is 0. The zero-order valence-corrected chi connectivity index (χ0v) is 14.8. The second kappa shape index (κ2) is 8.35. The van der Waals surface area contributed by atoms with Crippen LogP contribution in [0.3, 0.4) is 0 Å². The largest absolute Gasteiger partial charge is 0.311 e. The van der Waals surface area contributed by atoms with Gasteiger partial charge < -0.3 is 10.2 Å². The summed E-state index contributed by atoms with van der Waals surface area (Å²) in [5, 5.41) is 3.78. The van der Waals surface area contributed by atoms with Crippen molar-refractivity contribution >= 4 is 0 Å². The lowest BCUT2D eigenvalue weighted by atomic mass is 9.93. The van der Waals surface area contributed by atoms with E-state index >= 15 is 0 Å². The first-order chi connectivity index (χ1) is 9.31. The van der Waals surface area contributed by atoms with Gasteiger partial charge in [0.1, 0.15) is 0 Å². The number of piperazine rings is 1. The van der Waals surface area contributed by atoms with Crippen LogP contribution in [0.15, 0.2) is 0 Å². The van der Waals surface area contributed by atoms with E-state index in [-0.39, 0.29) is 0 Å². The van der Waals surface area contributed by atoms with Gasteiger partial charge in [0.2, 0.25) is 0 Å². The first-order valence-electron chi connectivity index (χ1n) is 8.45. The molecule has 0 aromatic carbocycles. The summed E-state index contributed by atoms with van der Waals surface area (Å²) in [4.78, 5) is 5.08. The summed E-state index contributed by atoms with van der Waals surface area (Å²) in [6, 6.07) is 2.05. The number of hydrogen-bond acceptors (Lipinski definition) is 3. The molecule has 1 aliphatic heterocycles. The summed E-state index contributed by atoms with van der Waals surface area (Å²) in [7, 11) is 4.35. The van der Waals surface area contributed by atoms with Gasteiger partial charge in [0, 0.05) is 31.2 Å². The normalized spacial score (nSPS) is 26.7. The lowest BCUT2D eigenvalue weighted by molar-refractivity contribution is 0.0516. The molecule has 120 valence electrons. The van der Waals surface area contributed by atoms with E-state index in [1.165, 1.54) is 25.9 Å². The van der Waals surface area contributed by atoms with Crippen molar-refractivity contribution in [3.05, 3.63) is 0 Å². The highest BCUT2D eigenvalue weighted by molar-refractivity contribution is 4.90. The van der Waals surface area contributed by atoms with Crippen LogP contribution in [-0.4, -0.2) is 61.7 Å². The molecule has 0 amide bonds. The minimum atomic E-state index is 0.673. The van der Waals surface area contributed by atoms with Crippen LogP contribution in [-0.2, 0) is 0 Å². The molecular formula is C17H37N3. The van der Waals surface area contributed by atoms with Crippen LogP contribution < -0.4 is 5.32 Å². The fourth-order valence-electron chi connectivity index (χ4n) is 3.32. The van der Waals surface area contributed by atoms with Crippen molar-refractivity contribution in [1.29, 1.82) is 0 Å². The first-order valence-corrected chi connectivity index (χ1v) is 8.45. The van der Waals surface area contributed by atoms with Crippen LogP contribution in [0.1, 0.15) is 47.5 Å². The van der Waals surface area contributed by atoms with E-state index in [9.17, 15) is 0 Å². The Balaban J connectivity index is 2.62. The molecule has 20 heavy (non-hydrogen) atoms. The van der Waals surface area contributed by atoms with Gasteiger partial charge in [-0.3, -0.25) is 4.90 Å². The molecule has 1 aliphatic rings.